The van der Waals surface area contributed by atoms with Gasteiger partial charge in [-0.3, -0.25) is 4.98 Å². The number of aromatic amines is 1. The van der Waals surface area contributed by atoms with E-state index in [9.17, 15) is 4.79 Å². The fourth-order valence-electron chi connectivity index (χ4n) is 1.10. The summed E-state index contributed by atoms with van der Waals surface area (Å²) in [6.45, 7) is 0. The van der Waals surface area contributed by atoms with Gasteiger partial charge in [0.15, 0.2) is 0 Å². The molecule has 0 unspecified atom stereocenters. The van der Waals surface area contributed by atoms with Gasteiger partial charge in [0.2, 0.25) is 6.08 Å². The highest BCUT2D eigenvalue weighted by atomic mass is 16.1. The lowest BCUT2D eigenvalue weighted by atomic mass is 10.3. The molecule has 2 heterocycles. The first-order valence-corrected chi connectivity index (χ1v) is 3.41. The summed E-state index contributed by atoms with van der Waals surface area (Å²) < 4.78 is 0. The van der Waals surface area contributed by atoms with Crippen LogP contribution in [0.1, 0.15) is 0 Å². The third kappa shape index (κ3) is 0.909. The minimum atomic E-state index is 0.599. The van der Waals surface area contributed by atoms with E-state index in [2.05, 4.69) is 15.0 Å². The van der Waals surface area contributed by atoms with E-state index in [-0.39, 0.29) is 0 Å². The van der Waals surface area contributed by atoms with Crippen LogP contribution in [0.5, 0.6) is 0 Å². The van der Waals surface area contributed by atoms with Crippen molar-refractivity contribution in [2.24, 2.45) is 4.99 Å². The Kier molecular flexibility index (Phi) is 1.47. The molecule has 2 aromatic heterocycles. The molecule has 0 aliphatic rings. The summed E-state index contributed by atoms with van der Waals surface area (Å²) in [6, 6.07) is 1.79. The summed E-state index contributed by atoms with van der Waals surface area (Å²) >= 11 is 0. The maximum atomic E-state index is 9.99. The number of isocyanates is 1. The molecule has 2 aromatic rings. The average Bonchev–Trinajstić information content (AvgIpc) is 2.50. The lowest BCUT2D eigenvalue weighted by Crippen LogP contribution is -1.69. The number of carbonyl (C=O) groups excluding carboxylic acids is 1. The van der Waals surface area contributed by atoms with Gasteiger partial charge in [0.25, 0.3) is 0 Å². The molecule has 0 bridgehead atoms. The summed E-state index contributed by atoms with van der Waals surface area (Å²) in [5.74, 6) is 0. The van der Waals surface area contributed by atoms with E-state index >= 15 is 0 Å². The Hall–Kier alpha value is -1.93. The van der Waals surface area contributed by atoms with E-state index in [4.69, 9.17) is 0 Å². The summed E-state index contributed by atoms with van der Waals surface area (Å²) in [4.78, 5) is 20.4. The molecule has 0 amide bonds. The van der Waals surface area contributed by atoms with Crippen LogP contribution in [0.2, 0.25) is 0 Å². The van der Waals surface area contributed by atoms with Crippen molar-refractivity contribution >= 4 is 22.7 Å². The fraction of sp³-hybridized carbons (Fsp3) is 0. The second kappa shape index (κ2) is 2.60. The minimum Gasteiger partial charge on any atom is -0.358 e. The second-order valence-corrected chi connectivity index (χ2v) is 2.30. The topological polar surface area (TPSA) is 58.1 Å². The van der Waals surface area contributed by atoms with Gasteiger partial charge in [-0.1, -0.05) is 0 Å². The van der Waals surface area contributed by atoms with Crippen molar-refractivity contribution in [3.63, 3.8) is 0 Å². The Bertz CT molecular complexity index is 454. The van der Waals surface area contributed by atoms with Crippen molar-refractivity contribution in [3.05, 3.63) is 24.7 Å². The number of aliphatic imine (C=N–C) groups is 1. The predicted octanol–water partition coefficient (Wildman–Crippen LogP) is 1.53. The molecule has 0 aliphatic heterocycles. The van der Waals surface area contributed by atoms with Gasteiger partial charge in [0.1, 0.15) is 5.69 Å². The van der Waals surface area contributed by atoms with E-state index in [1.54, 1.807) is 24.7 Å². The Morgan fingerprint density at radius 3 is 3.33 bits per heavy atom. The molecule has 0 atom stereocenters. The van der Waals surface area contributed by atoms with Crippen LogP contribution in [0, 0.1) is 0 Å². The predicted molar refractivity (Wildman–Crippen MR) is 43.9 cm³/mol. The number of nitrogens with zero attached hydrogens (tertiary/aromatic N) is 2. The zero-order chi connectivity index (χ0) is 8.39. The number of hydrogen-bond donors (Lipinski definition) is 1. The zero-order valence-electron chi connectivity index (χ0n) is 6.11. The Labute approximate surface area is 68.0 Å². The molecule has 0 aromatic carbocycles. The molecule has 4 nitrogen and oxygen atoms in total. The molecule has 58 valence electrons. The molecule has 0 aliphatic carbocycles. The van der Waals surface area contributed by atoms with Crippen molar-refractivity contribution in [3.8, 4) is 0 Å². The fourth-order valence-corrected chi connectivity index (χ4v) is 1.10. The largest absolute Gasteiger partial charge is 0.358 e. The highest BCUT2D eigenvalue weighted by molar-refractivity contribution is 5.90. The van der Waals surface area contributed by atoms with Gasteiger partial charge in [0, 0.05) is 17.8 Å². The van der Waals surface area contributed by atoms with E-state index < -0.39 is 0 Å². The standard InChI is InChI=1S/C8H5N3O/c12-5-11-8-4-10-7-3-9-2-1-6(7)8/h1-4,10H. The van der Waals surface area contributed by atoms with Crippen LogP contribution in [-0.4, -0.2) is 16.0 Å². The maximum Gasteiger partial charge on any atom is 0.240 e. The first kappa shape index (κ1) is 6.76. The maximum absolute atomic E-state index is 9.99. The quantitative estimate of drug-likeness (QED) is 0.506. The van der Waals surface area contributed by atoms with E-state index in [1.807, 2.05) is 0 Å². The Balaban J connectivity index is 2.78. The van der Waals surface area contributed by atoms with Gasteiger partial charge < -0.3 is 4.98 Å². The van der Waals surface area contributed by atoms with Crippen LogP contribution in [0.4, 0.5) is 5.69 Å². The van der Waals surface area contributed by atoms with Crippen LogP contribution in [0.15, 0.2) is 29.6 Å². The van der Waals surface area contributed by atoms with Gasteiger partial charge in [-0.05, 0) is 6.07 Å². The highest BCUT2D eigenvalue weighted by Gasteiger charge is 1.99. The SMILES string of the molecule is O=C=Nc1c[nH]c2cnccc12. The van der Waals surface area contributed by atoms with Crippen molar-refractivity contribution in [2.75, 3.05) is 0 Å². The van der Waals surface area contributed by atoms with Crippen molar-refractivity contribution < 1.29 is 4.79 Å². The first-order chi connectivity index (χ1) is 5.92. The highest BCUT2D eigenvalue weighted by Crippen LogP contribution is 2.23. The smallest absolute Gasteiger partial charge is 0.240 e. The van der Waals surface area contributed by atoms with E-state index in [0.717, 1.165) is 10.9 Å². The molecule has 0 fully saturated rings. The molecule has 0 saturated carbocycles. The van der Waals surface area contributed by atoms with Gasteiger partial charge in [-0.2, -0.15) is 4.99 Å². The number of pyridine rings is 1. The van der Waals surface area contributed by atoms with E-state index in [1.165, 1.54) is 6.08 Å². The zero-order valence-corrected chi connectivity index (χ0v) is 6.11. The average molecular weight is 159 g/mol. The number of nitrogens with one attached hydrogen (secondary N) is 1. The Morgan fingerprint density at radius 2 is 2.50 bits per heavy atom. The third-order valence-electron chi connectivity index (χ3n) is 1.63. The molecule has 12 heavy (non-hydrogen) atoms. The summed E-state index contributed by atoms with van der Waals surface area (Å²) in [6.07, 6.45) is 6.48. The Morgan fingerprint density at radius 1 is 1.58 bits per heavy atom. The molecule has 0 spiro atoms. The molecule has 1 N–H and O–H groups in total. The van der Waals surface area contributed by atoms with E-state index in [0.29, 0.717) is 5.69 Å². The lowest BCUT2D eigenvalue weighted by molar-refractivity contribution is 0.565. The van der Waals surface area contributed by atoms with Crippen LogP contribution < -0.4 is 0 Å². The first-order valence-electron chi connectivity index (χ1n) is 3.41. The van der Waals surface area contributed by atoms with Gasteiger partial charge in [-0.15, -0.1) is 0 Å². The van der Waals surface area contributed by atoms with Gasteiger partial charge >= 0.3 is 0 Å². The van der Waals surface area contributed by atoms with Crippen molar-refractivity contribution in [2.45, 2.75) is 0 Å². The van der Waals surface area contributed by atoms with Gasteiger partial charge in [0.05, 0.1) is 11.7 Å². The number of rotatable bonds is 1. The van der Waals surface area contributed by atoms with Crippen LogP contribution in [-0.2, 0) is 4.79 Å². The molecular weight excluding hydrogens is 154 g/mol. The number of aromatic nitrogens is 2. The molecule has 2 rings (SSSR count). The summed E-state index contributed by atoms with van der Waals surface area (Å²) in [5.41, 5.74) is 1.47. The van der Waals surface area contributed by atoms with Crippen LogP contribution in [0.3, 0.4) is 0 Å². The number of H-pyrrole nitrogens is 1. The van der Waals surface area contributed by atoms with Crippen molar-refractivity contribution in [1.29, 1.82) is 0 Å². The second-order valence-electron chi connectivity index (χ2n) is 2.30. The number of hydrogen-bond acceptors (Lipinski definition) is 3. The van der Waals surface area contributed by atoms with Crippen LogP contribution >= 0.6 is 0 Å². The van der Waals surface area contributed by atoms with Gasteiger partial charge in [-0.25, -0.2) is 4.79 Å². The third-order valence-corrected chi connectivity index (χ3v) is 1.63. The minimum absolute atomic E-state index is 0.599. The molecule has 0 radical (unpaired) electrons. The van der Waals surface area contributed by atoms with Crippen LogP contribution in [0.25, 0.3) is 10.9 Å². The monoisotopic (exact) mass is 159 g/mol. The number of fused-ring (bicyclic) bond motifs is 1. The van der Waals surface area contributed by atoms with Crippen molar-refractivity contribution in [1.82, 2.24) is 9.97 Å². The summed E-state index contributed by atoms with van der Waals surface area (Å²) in [5, 5.41) is 0.883. The molecule has 4 heteroatoms. The summed E-state index contributed by atoms with van der Waals surface area (Å²) in [7, 11) is 0. The normalized spacial score (nSPS) is 9.67. The molecule has 0 saturated heterocycles. The lowest BCUT2D eigenvalue weighted by Gasteiger charge is -1.86. The molecular formula is C8H5N3O.